The average molecular weight is 1670 g/mol. The van der Waals surface area contributed by atoms with E-state index >= 15 is 0 Å². The van der Waals surface area contributed by atoms with Crippen molar-refractivity contribution < 1.29 is 75.4 Å². The molecule has 0 radical (unpaired) electrons. The molecule has 0 atom stereocenters. The molecule has 0 bridgehead atoms. The van der Waals surface area contributed by atoms with Gasteiger partial charge in [-0.05, 0) is 189 Å². The van der Waals surface area contributed by atoms with Crippen molar-refractivity contribution in [1.29, 1.82) is 0 Å². The second-order valence-corrected chi connectivity index (χ2v) is 34.4. The number of morpholine rings is 2. The first-order chi connectivity index (χ1) is 58.0. The van der Waals surface area contributed by atoms with Crippen LogP contribution in [0.4, 0.5) is 27.1 Å². The van der Waals surface area contributed by atoms with Crippen molar-refractivity contribution in [2.45, 2.75) is 141 Å². The highest BCUT2D eigenvalue weighted by Crippen LogP contribution is 2.47. The van der Waals surface area contributed by atoms with E-state index in [9.17, 15) is 55.1 Å². The number of halogens is 1. The summed E-state index contributed by atoms with van der Waals surface area (Å²) < 4.78 is 88.7. The summed E-state index contributed by atoms with van der Waals surface area (Å²) in [7, 11) is -7.95. The lowest BCUT2D eigenvalue weighted by Crippen LogP contribution is -2.37. The molecule has 0 unspecified atom stereocenters. The Kier molecular flexibility index (Phi) is 31.5. The number of nitrogens with one attached hydrogen (secondary N) is 2. The van der Waals surface area contributed by atoms with E-state index in [0.717, 1.165) is 175 Å². The van der Waals surface area contributed by atoms with Gasteiger partial charge in [-0.3, -0.25) is 28.4 Å². The number of hydrogen-bond donors (Lipinski definition) is 4. The van der Waals surface area contributed by atoms with E-state index in [1.54, 1.807) is 36.4 Å². The molecule has 4 amide bonds. The minimum absolute atomic E-state index is 0.0144. The number of carbonyl (C=O) groups is 6. The SMILES string of the molecule is C=CCCNC(=O)Cn1c(-c2ccc(OCc3cc(N4CCCC4=O)ccc3N3CCOCC3)cc2)c(C2CCCCC2)c2ccc(C(=O)CS(=O)(=O)CC=C)cc21.C=CCCNC(=O)Cn1c(-c2ccc(OCc3cc(N4CCCC4=O)ccc3N3CCOCC3)cc2)c(C2CCCCC2)c2ccc(C(=O)O)cc21.C=CCS(N)(=O)=O.[2H]CF. The third-order valence-electron chi connectivity index (χ3n) is 22.5. The van der Waals surface area contributed by atoms with Gasteiger partial charge in [0.1, 0.15) is 43.6 Å². The second kappa shape index (κ2) is 42.8. The summed E-state index contributed by atoms with van der Waals surface area (Å²) in [6, 6.07) is 39.1. The second-order valence-electron chi connectivity index (χ2n) is 30.6. The summed E-state index contributed by atoms with van der Waals surface area (Å²) in [4.78, 5) is 85.9. The highest BCUT2D eigenvalue weighted by molar-refractivity contribution is 7.92. The highest BCUT2D eigenvalue weighted by atomic mass is 32.2. The van der Waals surface area contributed by atoms with E-state index in [-0.39, 0.29) is 65.3 Å². The zero-order valence-electron chi connectivity index (χ0n) is 68.9. The quantitative estimate of drug-likeness (QED) is 0.0173. The van der Waals surface area contributed by atoms with Crippen LogP contribution in [0.5, 0.6) is 11.5 Å². The van der Waals surface area contributed by atoms with Crippen LogP contribution in [-0.4, -0.2) is 170 Å². The van der Waals surface area contributed by atoms with Gasteiger partial charge in [0.2, 0.25) is 33.7 Å². The van der Waals surface area contributed by atoms with E-state index in [2.05, 4.69) is 76.2 Å². The number of anilines is 4. The molecule has 2 aliphatic carbocycles. The van der Waals surface area contributed by atoms with Crippen molar-refractivity contribution in [3.63, 3.8) is 0 Å². The van der Waals surface area contributed by atoms with Gasteiger partial charge >= 0.3 is 5.97 Å². The topological polar surface area (TPSA) is 301 Å². The molecule has 6 fully saturated rings. The summed E-state index contributed by atoms with van der Waals surface area (Å²) in [6.07, 6.45) is 21.2. The number of hydrogen-bond acceptors (Lipinski definition) is 16. The maximum atomic E-state index is 13.5. The number of fused-ring (bicyclic) bond motifs is 2. The first-order valence-electron chi connectivity index (χ1n) is 41.9. The minimum atomic E-state index is -3.66. The number of aromatic nitrogens is 2. The molecule has 14 rings (SSSR count). The Morgan fingerprint density at radius 3 is 1.33 bits per heavy atom. The molecule has 2 aromatic heterocycles. The van der Waals surface area contributed by atoms with Crippen LogP contribution in [0.25, 0.3) is 44.3 Å². The number of nitrogens with two attached hydrogens (primary N) is 1. The largest absolute Gasteiger partial charge is 0.489 e. The summed E-state index contributed by atoms with van der Waals surface area (Å²) in [6.45, 7) is 23.1. The van der Waals surface area contributed by atoms with Crippen molar-refractivity contribution in [2.24, 2.45) is 5.14 Å². The predicted molar refractivity (Wildman–Crippen MR) is 468 cm³/mol. The number of alkyl halides is 1. The number of Topliss-reactive ketones (excluding diaryl/α,β-unsaturated/α-hetero) is 1. The molecule has 8 aromatic rings. The number of carbonyl (C=O) groups excluding carboxylic acids is 5. The first kappa shape index (κ1) is 87.6. The number of benzene rings is 6. The number of aromatic carboxylic acids is 1. The van der Waals surface area contributed by atoms with E-state index in [1.165, 1.54) is 30.6 Å². The van der Waals surface area contributed by atoms with E-state index in [1.807, 2.05) is 91.7 Å². The fourth-order valence-corrected chi connectivity index (χ4v) is 18.2. The number of primary sulfonamides is 1. The van der Waals surface area contributed by atoms with Crippen molar-refractivity contribution in [3.05, 3.63) is 205 Å². The zero-order chi connectivity index (χ0) is 85.3. The van der Waals surface area contributed by atoms with Crippen LogP contribution in [0.1, 0.15) is 159 Å². The fraction of sp³-hybridized carbons (Fsp3) is 0.413. The lowest BCUT2D eigenvalue weighted by molar-refractivity contribution is -0.122. The Morgan fingerprint density at radius 2 is 0.958 bits per heavy atom. The Morgan fingerprint density at radius 1 is 0.546 bits per heavy atom. The van der Waals surface area contributed by atoms with Crippen molar-refractivity contribution in [3.8, 4) is 34.0 Å². The van der Waals surface area contributed by atoms with Crippen LogP contribution in [0.2, 0.25) is 0 Å². The number of nitrogens with zero attached hydrogens (tertiary/aromatic N) is 6. The van der Waals surface area contributed by atoms with Gasteiger partial charge in [0.05, 0.1) is 68.9 Å². The molecule has 6 aromatic carbocycles. The van der Waals surface area contributed by atoms with Gasteiger partial charge in [-0.25, -0.2) is 26.8 Å². The summed E-state index contributed by atoms with van der Waals surface area (Å²) >= 11 is 0. The maximum Gasteiger partial charge on any atom is 0.335 e. The molecular formula is C92H112FN9O15S2. The van der Waals surface area contributed by atoms with Gasteiger partial charge in [-0.1, -0.05) is 81.0 Å². The van der Waals surface area contributed by atoms with Crippen LogP contribution in [0.3, 0.4) is 0 Å². The van der Waals surface area contributed by atoms with Gasteiger partial charge < -0.3 is 63.4 Å². The molecule has 634 valence electrons. The number of ether oxygens (including phenoxy) is 4. The van der Waals surface area contributed by atoms with E-state index < -0.39 is 44.5 Å². The standard InChI is InChI=1S/C46H54N4O7S.C42H48N4O6.C3H7NO2S.CH3F/c1-3-5-21-47-43(52)30-50-41-29-35(42(51)32-58(54,55)27-4-2)15-19-39(41)45(33-10-7-6-8-11-33)46(50)34-13-17-38(18-14-34)57-31-36-28-37(49-22-9-12-44(49)53)16-20-40(36)48-23-25-56-26-24-48;1-2-3-19-43-38(47)27-46-37-26-31(42(49)50)13-17-35(37)40(29-8-5-4-6-9-29)41(46)30-11-15-34(16-12-30)52-28-32-25-33(45-20-7-10-39(45)48)14-18-36(32)44-21-23-51-24-22-44;1-2-3-7(4,5)6;1-2/h3-4,13-20,28-29,33H,1-2,5-12,21-27,30-32H2,(H,47,52);2,11-18,25-26,29H,1,3-10,19-24,27-28H2,(H,43,47)(H,49,50);2H,1,3H2,(H2,4,5,6);1H3/i;;;1D. The summed E-state index contributed by atoms with van der Waals surface area (Å²) in [5, 5.41) is 22.4. The molecule has 27 heteroatoms. The van der Waals surface area contributed by atoms with Crippen molar-refractivity contribution >= 4 is 99.8 Å². The minimum Gasteiger partial charge on any atom is -0.489 e. The van der Waals surface area contributed by atoms with Crippen LogP contribution >= 0.6 is 0 Å². The van der Waals surface area contributed by atoms with E-state index in [4.69, 9.17) is 20.3 Å². The Hall–Kier alpha value is -10.7. The number of ketones is 1. The van der Waals surface area contributed by atoms with Gasteiger partial charge in [-0.15, -0.1) is 26.3 Å². The number of carboxylic acids is 1. The smallest absolute Gasteiger partial charge is 0.335 e. The molecule has 2 saturated carbocycles. The van der Waals surface area contributed by atoms with Crippen LogP contribution in [0.15, 0.2) is 172 Å². The van der Waals surface area contributed by atoms with Gasteiger partial charge in [0.25, 0.3) is 0 Å². The average Bonchev–Trinajstić information content (AvgIpc) is 1.59. The number of sulfone groups is 1. The molecule has 6 heterocycles. The highest BCUT2D eigenvalue weighted by Gasteiger charge is 2.33. The maximum absolute atomic E-state index is 13.5. The van der Waals surface area contributed by atoms with Crippen molar-refractivity contribution in [2.75, 3.05) is 123 Å². The summed E-state index contributed by atoms with van der Waals surface area (Å²) in [5.41, 5.74) is 13.9. The third kappa shape index (κ3) is 23.2. The fourth-order valence-electron chi connectivity index (χ4n) is 16.8. The number of amides is 4. The van der Waals surface area contributed by atoms with Gasteiger partial charge in [0, 0.05) is 121 Å². The van der Waals surface area contributed by atoms with Gasteiger partial charge in [0.15, 0.2) is 15.6 Å². The molecule has 6 aliphatic rings. The molecule has 5 N–H and O–H groups in total. The number of sulfonamides is 1. The van der Waals surface area contributed by atoms with Crippen LogP contribution in [-0.2, 0) is 74.8 Å². The number of carboxylic acid groups (broad SMARTS) is 1. The summed E-state index contributed by atoms with van der Waals surface area (Å²) in [5.74, 6) is -0.623. The van der Waals surface area contributed by atoms with Gasteiger partial charge in [-0.2, -0.15) is 0 Å². The lowest BCUT2D eigenvalue weighted by Gasteiger charge is -2.31. The monoisotopic (exact) mass is 1670 g/mol. The van der Waals surface area contributed by atoms with E-state index in [0.29, 0.717) is 108 Å². The zero-order valence-corrected chi connectivity index (χ0v) is 69.5. The third-order valence-corrected chi connectivity index (χ3v) is 24.6. The molecule has 4 aliphatic heterocycles. The Labute approximate surface area is 699 Å². The molecule has 119 heavy (non-hydrogen) atoms. The Bertz CT molecular complexity index is 5200. The van der Waals surface area contributed by atoms with Crippen LogP contribution < -0.4 is 44.8 Å². The van der Waals surface area contributed by atoms with Crippen molar-refractivity contribution in [1.82, 2.24) is 19.8 Å². The normalized spacial score (nSPS) is 16.1. The molecule has 24 nitrogen and oxygen atoms in total. The number of rotatable bonds is 32. The lowest BCUT2D eigenvalue weighted by atomic mass is 9.81. The predicted octanol–water partition coefficient (Wildman–Crippen LogP) is 14.7. The first-order valence-corrected chi connectivity index (χ1v) is 44.7. The van der Waals surface area contributed by atoms with Crippen LogP contribution in [0, 0.1) is 0 Å². The molecule has 4 saturated heterocycles. The molecular weight excluding hydrogens is 1550 g/mol. The Balaban J connectivity index is 0.000000212. The molecule has 0 spiro atoms.